The van der Waals surface area contributed by atoms with Crippen LogP contribution in [0.15, 0.2) is 30.3 Å². The molecular weight excluding hydrogens is 300 g/mol. The molecule has 1 N–H and O–H groups in total. The van der Waals surface area contributed by atoms with Crippen LogP contribution in [0.3, 0.4) is 0 Å². The van der Waals surface area contributed by atoms with Crippen LogP contribution in [0.4, 0.5) is 5.69 Å². The fourth-order valence-corrected chi connectivity index (χ4v) is 2.77. The molecule has 24 heavy (non-hydrogen) atoms. The second-order valence-electron chi connectivity index (χ2n) is 6.22. The minimum atomic E-state index is -0.175. The van der Waals surface area contributed by atoms with Crippen molar-refractivity contribution in [2.75, 3.05) is 11.9 Å². The fraction of sp³-hybridized carbons (Fsp3) is 0.400. The molecule has 1 aromatic carbocycles. The van der Waals surface area contributed by atoms with Gasteiger partial charge < -0.3 is 10.1 Å². The number of nitrogens with one attached hydrogen (secondary N) is 1. The predicted molar refractivity (Wildman–Crippen MR) is 97.7 cm³/mol. The largest absolute Gasteiger partial charge is 0.483 e. The van der Waals surface area contributed by atoms with Gasteiger partial charge in [-0.3, -0.25) is 9.78 Å². The number of rotatable bonds is 6. The van der Waals surface area contributed by atoms with Gasteiger partial charge in [0, 0.05) is 5.69 Å². The van der Waals surface area contributed by atoms with Crippen molar-refractivity contribution in [1.29, 1.82) is 0 Å². The summed E-state index contributed by atoms with van der Waals surface area (Å²) in [5.41, 5.74) is 4.68. The van der Waals surface area contributed by atoms with Crippen LogP contribution in [0.1, 0.15) is 48.7 Å². The lowest BCUT2D eigenvalue weighted by atomic mass is 9.98. The summed E-state index contributed by atoms with van der Waals surface area (Å²) in [7, 11) is 0. The third-order valence-corrected chi connectivity index (χ3v) is 4.21. The normalized spacial score (nSPS) is 11.9. The zero-order valence-corrected chi connectivity index (χ0v) is 15.1. The lowest BCUT2D eigenvalue weighted by Crippen LogP contribution is -2.22. The average Bonchev–Trinajstić information content (AvgIpc) is 2.55. The van der Waals surface area contributed by atoms with E-state index in [2.05, 4.69) is 30.2 Å². The molecule has 4 nitrogen and oxygen atoms in total. The van der Waals surface area contributed by atoms with Crippen molar-refractivity contribution >= 4 is 11.6 Å². The third-order valence-electron chi connectivity index (χ3n) is 4.21. The summed E-state index contributed by atoms with van der Waals surface area (Å²) in [6, 6.07) is 9.86. The zero-order chi connectivity index (χ0) is 17.7. The Kier molecular flexibility index (Phi) is 5.96. The van der Waals surface area contributed by atoms with Gasteiger partial charge in [0.25, 0.3) is 5.91 Å². The van der Waals surface area contributed by atoms with Gasteiger partial charge in [-0.1, -0.05) is 32.0 Å². The maximum absolute atomic E-state index is 12.3. The van der Waals surface area contributed by atoms with Gasteiger partial charge in [0.15, 0.2) is 6.61 Å². The molecule has 1 unspecified atom stereocenters. The fourth-order valence-electron chi connectivity index (χ4n) is 2.77. The number of para-hydroxylation sites is 1. The molecule has 2 rings (SSSR count). The van der Waals surface area contributed by atoms with Crippen molar-refractivity contribution in [2.24, 2.45) is 0 Å². The first-order valence-corrected chi connectivity index (χ1v) is 8.38. The monoisotopic (exact) mass is 326 g/mol. The van der Waals surface area contributed by atoms with E-state index in [-0.39, 0.29) is 12.5 Å². The van der Waals surface area contributed by atoms with Gasteiger partial charge in [-0.15, -0.1) is 0 Å². The number of carbonyl (C=O) groups is 1. The van der Waals surface area contributed by atoms with E-state index in [0.717, 1.165) is 40.4 Å². The van der Waals surface area contributed by atoms with Gasteiger partial charge in [-0.05, 0) is 56.4 Å². The maximum Gasteiger partial charge on any atom is 0.262 e. The molecule has 1 amide bonds. The Morgan fingerprint density at radius 1 is 1.25 bits per heavy atom. The molecule has 0 radical (unpaired) electrons. The molecule has 4 heteroatoms. The number of pyridine rings is 1. The first kappa shape index (κ1) is 18.0. The number of aryl methyl sites for hydroxylation is 3. The Balaban J connectivity index is 2.05. The highest BCUT2D eigenvalue weighted by Gasteiger charge is 2.13. The predicted octanol–water partition coefficient (Wildman–Crippen LogP) is 4.54. The highest BCUT2D eigenvalue weighted by Crippen LogP contribution is 2.28. The number of benzene rings is 1. The highest BCUT2D eigenvalue weighted by molar-refractivity contribution is 5.93. The molecule has 0 saturated heterocycles. The number of aromatic nitrogens is 1. The first-order chi connectivity index (χ1) is 11.4. The van der Waals surface area contributed by atoms with Crippen LogP contribution < -0.4 is 10.1 Å². The van der Waals surface area contributed by atoms with E-state index in [1.54, 1.807) is 0 Å². The first-order valence-electron chi connectivity index (χ1n) is 8.38. The van der Waals surface area contributed by atoms with Crippen LogP contribution in [0.2, 0.25) is 0 Å². The number of hydrogen-bond donors (Lipinski definition) is 1. The number of amides is 1. The molecule has 0 spiro atoms. The molecule has 1 heterocycles. The summed E-state index contributed by atoms with van der Waals surface area (Å²) in [5.74, 6) is 0.998. The molecule has 128 valence electrons. The Morgan fingerprint density at radius 3 is 2.62 bits per heavy atom. The van der Waals surface area contributed by atoms with E-state index in [9.17, 15) is 4.79 Å². The summed E-state index contributed by atoms with van der Waals surface area (Å²) < 4.78 is 5.77. The van der Waals surface area contributed by atoms with Crippen LogP contribution in [-0.2, 0) is 4.79 Å². The van der Waals surface area contributed by atoms with Crippen LogP contribution in [0.5, 0.6) is 5.75 Å². The van der Waals surface area contributed by atoms with Gasteiger partial charge in [0.1, 0.15) is 5.75 Å². The minimum Gasteiger partial charge on any atom is -0.483 e. The third kappa shape index (κ3) is 4.34. The van der Waals surface area contributed by atoms with Gasteiger partial charge in [0.05, 0.1) is 11.4 Å². The number of hydrogen-bond acceptors (Lipinski definition) is 3. The van der Waals surface area contributed by atoms with Crippen molar-refractivity contribution < 1.29 is 9.53 Å². The highest BCUT2D eigenvalue weighted by atomic mass is 16.5. The summed E-state index contributed by atoms with van der Waals surface area (Å²) in [6.45, 7) is 10.1. The molecule has 0 aliphatic heterocycles. The lowest BCUT2D eigenvalue weighted by Gasteiger charge is -2.16. The standard InChI is InChI=1S/C20H26N2O2/c1-6-13(2)17-9-7-8-10-18(17)24-12-19(23)22-20-14(3)11-15(4)21-16(20)5/h7-11,13H,6,12H2,1-5H3,(H,22,23). The molecule has 1 atom stereocenters. The molecule has 1 aromatic heterocycles. The number of nitrogens with zero attached hydrogens (tertiary/aromatic N) is 1. The smallest absolute Gasteiger partial charge is 0.262 e. The van der Waals surface area contributed by atoms with Crippen molar-refractivity contribution in [3.63, 3.8) is 0 Å². The second-order valence-corrected chi connectivity index (χ2v) is 6.22. The SMILES string of the molecule is CCC(C)c1ccccc1OCC(=O)Nc1c(C)cc(C)nc1C. The Labute approximate surface area is 144 Å². The van der Waals surface area contributed by atoms with Gasteiger partial charge in [-0.2, -0.15) is 0 Å². The van der Waals surface area contributed by atoms with E-state index in [4.69, 9.17) is 4.74 Å². The van der Waals surface area contributed by atoms with Crippen LogP contribution >= 0.6 is 0 Å². The van der Waals surface area contributed by atoms with Gasteiger partial charge >= 0.3 is 0 Å². The Hall–Kier alpha value is -2.36. The summed E-state index contributed by atoms with van der Waals surface area (Å²) in [6.07, 6.45) is 1.03. The maximum atomic E-state index is 12.3. The van der Waals surface area contributed by atoms with E-state index in [1.165, 1.54) is 0 Å². The Morgan fingerprint density at radius 2 is 1.96 bits per heavy atom. The second kappa shape index (κ2) is 7.95. The summed E-state index contributed by atoms with van der Waals surface area (Å²) in [5, 5.41) is 2.91. The van der Waals surface area contributed by atoms with E-state index in [1.807, 2.05) is 45.0 Å². The molecule has 0 fully saturated rings. The summed E-state index contributed by atoms with van der Waals surface area (Å²) in [4.78, 5) is 16.7. The molecular formula is C20H26N2O2. The lowest BCUT2D eigenvalue weighted by molar-refractivity contribution is -0.118. The van der Waals surface area contributed by atoms with Crippen LogP contribution in [0.25, 0.3) is 0 Å². The van der Waals surface area contributed by atoms with E-state index < -0.39 is 0 Å². The topological polar surface area (TPSA) is 51.2 Å². The quantitative estimate of drug-likeness (QED) is 0.848. The molecule has 2 aromatic rings. The molecule has 0 aliphatic rings. The van der Waals surface area contributed by atoms with Gasteiger partial charge in [-0.25, -0.2) is 0 Å². The summed E-state index contributed by atoms with van der Waals surface area (Å²) >= 11 is 0. The number of ether oxygens (including phenoxy) is 1. The van der Waals surface area contributed by atoms with Crippen molar-refractivity contribution in [3.8, 4) is 5.75 Å². The number of anilines is 1. The van der Waals surface area contributed by atoms with Crippen molar-refractivity contribution in [2.45, 2.75) is 47.0 Å². The number of carbonyl (C=O) groups excluding carboxylic acids is 1. The van der Waals surface area contributed by atoms with Crippen molar-refractivity contribution in [3.05, 3.63) is 52.8 Å². The zero-order valence-electron chi connectivity index (χ0n) is 15.1. The van der Waals surface area contributed by atoms with Crippen LogP contribution in [-0.4, -0.2) is 17.5 Å². The van der Waals surface area contributed by atoms with E-state index >= 15 is 0 Å². The van der Waals surface area contributed by atoms with Crippen LogP contribution in [0, 0.1) is 20.8 Å². The average molecular weight is 326 g/mol. The molecule has 0 bridgehead atoms. The molecule has 0 aliphatic carbocycles. The van der Waals surface area contributed by atoms with E-state index in [0.29, 0.717) is 5.92 Å². The van der Waals surface area contributed by atoms with Crippen molar-refractivity contribution in [1.82, 2.24) is 4.98 Å². The Bertz CT molecular complexity index is 702. The minimum absolute atomic E-state index is 0.0137. The molecule has 0 saturated carbocycles. The van der Waals surface area contributed by atoms with Gasteiger partial charge in [0.2, 0.25) is 0 Å².